The van der Waals surface area contributed by atoms with Crippen LogP contribution in [0.2, 0.25) is 0 Å². The Morgan fingerprint density at radius 1 is 0.450 bits per heavy atom. The van der Waals surface area contributed by atoms with Crippen LogP contribution in [0.4, 0.5) is 28.4 Å². The maximum Gasteiger partial charge on any atom is 0.0464 e. The van der Waals surface area contributed by atoms with Crippen LogP contribution in [-0.4, -0.2) is 0 Å². The molecule has 0 unspecified atom stereocenters. The lowest BCUT2D eigenvalue weighted by molar-refractivity contribution is 0.825. The van der Waals surface area contributed by atoms with Crippen LogP contribution in [-0.2, 0) is 32.1 Å². The van der Waals surface area contributed by atoms with E-state index in [1.165, 1.54) is 87.6 Å². The van der Waals surface area contributed by atoms with Crippen molar-refractivity contribution >= 4 is 28.4 Å². The fourth-order valence-electron chi connectivity index (χ4n) is 6.35. The molecule has 40 heavy (non-hydrogen) atoms. The maximum atomic E-state index is 2.48. The zero-order valence-electron chi connectivity index (χ0n) is 23.8. The lowest BCUT2D eigenvalue weighted by Crippen LogP contribution is -2.20. The largest absolute Gasteiger partial charge is 0.314 e. The van der Waals surface area contributed by atoms with E-state index < -0.39 is 0 Å². The Kier molecular flexibility index (Phi) is 6.55. The van der Waals surface area contributed by atoms with Gasteiger partial charge in [0.25, 0.3) is 0 Å². The molecular formula is C38H38N2. The Morgan fingerprint density at radius 3 is 1.40 bits per heavy atom. The quantitative estimate of drug-likeness (QED) is 0.227. The highest BCUT2D eigenvalue weighted by molar-refractivity contribution is 5.80. The number of rotatable bonds is 8. The van der Waals surface area contributed by atoms with E-state index >= 15 is 0 Å². The van der Waals surface area contributed by atoms with Gasteiger partial charge in [0.2, 0.25) is 0 Å². The van der Waals surface area contributed by atoms with Gasteiger partial charge in [-0.05, 0) is 146 Å². The van der Waals surface area contributed by atoms with Crippen LogP contribution in [0.3, 0.4) is 0 Å². The van der Waals surface area contributed by atoms with Gasteiger partial charge in [-0.2, -0.15) is 0 Å². The van der Waals surface area contributed by atoms with Crippen molar-refractivity contribution in [1.82, 2.24) is 0 Å². The van der Waals surface area contributed by atoms with Crippen molar-refractivity contribution < 1.29 is 0 Å². The fourth-order valence-corrected chi connectivity index (χ4v) is 6.35. The summed E-state index contributed by atoms with van der Waals surface area (Å²) in [7, 11) is 0. The summed E-state index contributed by atoms with van der Waals surface area (Å²) in [5, 5.41) is 0. The van der Waals surface area contributed by atoms with Crippen molar-refractivity contribution in [3.8, 4) is 0 Å². The van der Waals surface area contributed by atoms with Crippen molar-refractivity contribution in [3.05, 3.63) is 136 Å². The van der Waals surface area contributed by atoms with Crippen molar-refractivity contribution in [2.24, 2.45) is 0 Å². The molecule has 4 aromatic carbocycles. The summed E-state index contributed by atoms with van der Waals surface area (Å²) in [6.45, 7) is 4.48. The van der Waals surface area contributed by atoms with E-state index in [2.05, 4.69) is 121 Å². The van der Waals surface area contributed by atoms with E-state index in [0.29, 0.717) is 0 Å². The second-order valence-electron chi connectivity index (χ2n) is 11.4. The summed E-state index contributed by atoms with van der Waals surface area (Å²) in [5.74, 6) is 0. The van der Waals surface area contributed by atoms with Crippen LogP contribution < -0.4 is 9.80 Å². The highest BCUT2D eigenvalue weighted by Gasteiger charge is 2.22. The molecule has 200 valence electrons. The molecule has 0 atom stereocenters. The minimum absolute atomic E-state index is 1.05. The molecule has 7 rings (SSSR count). The third kappa shape index (κ3) is 4.56. The number of aryl methyl sites for hydroxylation is 5. The molecular weight excluding hydrogens is 484 g/mol. The van der Waals surface area contributed by atoms with Crippen molar-refractivity contribution in [1.29, 1.82) is 0 Å². The van der Waals surface area contributed by atoms with Gasteiger partial charge in [-0.15, -0.1) is 0 Å². The Morgan fingerprint density at radius 2 is 0.950 bits per heavy atom. The van der Waals surface area contributed by atoms with E-state index in [-0.39, 0.29) is 0 Å². The number of hydrogen-bond donors (Lipinski definition) is 0. The molecule has 3 aliphatic carbocycles. The SMILES string of the molecule is CCC1=CC=C(N(c2ccc(N(c3ccc(CC)cc3)c3ccc4c(c3)CC4)cc2)c2ccc3c(c2)CC3)CC1. The third-order valence-corrected chi connectivity index (χ3v) is 9.15. The molecule has 0 aromatic heterocycles. The maximum absolute atomic E-state index is 2.48. The summed E-state index contributed by atoms with van der Waals surface area (Å²) in [6, 6.07) is 32.3. The first-order valence-corrected chi connectivity index (χ1v) is 15.1. The second-order valence-corrected chi connectivity index (χ2v) is 11.4. The first-order valence-electron chi connectivity index (χ1n) is 15.1. The van der Waals surface area contributed by atoms with Gasteiger partial charge in [0.15, 0.2) is 0 Å². The molecule has 0 spiro atoms. The molecule has 0 saturated heterocycles. The predicted octanol–water partition coefficient (Wildman–Crippen LogP) is 10.1. The van der Waals surface area contributed by atoms with Gasteiger partial charge in [0, 0.05) is 34.1 Å². The van der Waals surface area contributed by atoms with Gasteiger partial charge in [0.05, 0.1) is 0 Å². The average molecular weight is 523 g/mol. The zero-order valence-corrected chi connectivity index (χ0v) is 23.8. The summed E-state index contributed by atoms with van der Waals surface area (Å²) >= 11 is 0. The number of nitrogens with zero attached hydrogens (tertiary/aromatic N) is 2. The molecule has 0 heterocycles. The van der Waals surface area contributed by atoms with Gasteiger partial charge in [-0.25, -0.2) is 0 Å². The summed E-state index contributed by atoms with van der Waals surface area (Å²) in [6.07, 6.45) is 13.9. The van der Waals surface area contributed by atoms with Gasteiger partial charge in [-0.3, -0.25) is 0 Å². The molecule has 0 aliphatic heterocycles. The molecule has 0 saturated carbocycles. The number of fused-ring (bicyclic) bond motifs is 2. The van der Waals surface area contributed by atoms with E-state index in [1.54, 1.807) is 5.57 Å². The minimum Gasteiger partial charge on any atom is -0.314 e. The Labute approximate surface area is 239 Å². The number of hydrogen-bond acceptors (Lipinski definition) is 2. The number of benzene rings is 4. The van der Waals surface area contributed by atoms with Crippen LogP contribution in [0.25, 0.3) is 0 Å². The van der Waals surface area contributed by atoms with Crippen LogP contribution >= 0.6 is 0 Å². The lowest BCUT2D eigenvalue weighted by atomic mass is 9.88. The number of allylic oxidation sites excluding steroid dienone is 4. The zero-order chi connectivity index (χ0) is 27.1. The van der Waals surface area contributed by atoms with E-state index in [4.69, 9.17) is 0 Å². The van der Waals surface area contributed by atoms with Gasteiger partial charge < -0.3 is 9.80 Å². The standard InChI is InChI=1S/C38H38N2/c1-3-27-5-15-33(16-6-27)39(37-19-13-29-9-11-31(29)25-37)35-21-23-36(24-22-35)40(34-17-7-28(4-2)8-18-34)38-20-14-30-10-12-32(30)26-38/h5-7,13-17,19-26H,3-4,8-12,18H2,1-2H3. The Bertz CT molecular complexity index is 1600. The first-order chi connectivity index (χ1) is 19.7. The first kappa shape index (κ1) is 25.0. The molecule has 0 radical (unpaired) electrons. The predicted molar refractivity (Wildman–Crippen MR) is 170 cm³/mol. The lowest BCUT2D eigenvalue weighted by Gasteiger charge is -2.32. The Balaban J connectivity index is 1.28. The second kappa shape index (κ2) is 10.5. The fraction of sp³-hybridized carbons (Fsp3) is 0.263. The monoisotopic (exact) mass is 522 g/mol. The smallest absolute Gasteiger partial charge is 0.0464 e. The van der Waals surface area contributed by atoms with Crippen LogP contribution in [0.1, 0.15) is 60.9 Å². The van der Waals surface area contributed by atoms with Gasteiger partial charge in [0.1, 0.15) is 0 Å². The van der Waals surface area contributed by atoms with Crippen molar-refractivity contribution in [3.63, 3.8) is 0 Å². The molecule has 2 nitrogen and oxygen atoms in total. The molecule has 4 aromatic rings. The van der Waals surface area contributed by atoms with Crippen molar-refractivity contribution in [2.75, 3.05) is 9.80 Å². The highest BCUT2D eigenvalue weighted by atomic mass is 15.2. The van der Waals surface area contributed by atoms with E-state index in [0.717, 1.165) is 25.7 Å². The Hall–Kier alpha value is -4.04. The van der Waals surface area contributed by atoms with Crippen LogP contribution in [0.5, 0.6) is 0 Å². The number of anilines is 5. The molecule has 3 aliphatic rings. The molecule has 2 heteroatoms. The highest BCUT2D eigenvalue weighted by Crippen LogP contribution is 2.41. The third-order valence-electron chi connectivity index (χ3n) is 9.15. The van der Waals surface area contributed by atoms with E-state index in [9.17, 15) is 0 Å². The van der Waals surface area contributed by atoms with E-state index in [1.807, 2.05) is 0 Å². The van der Waals surface area contributed by atoms with Crippen molar-refractivity contribution in [2.45, 2.75) is 65.2 Å². The van der Waals surface area contributed by atoms with Crippen LogP contribution in [0.15, 0.2) is 108 Å². The minimum atomic E-state index is 1.05. The van der Waals surface area contributed by atoms with Crippen LogP contribution in [0, 0.1) is 0 Å². The molecule has 0 fully saturated rings. The molecule has 0 bridgehead atoms. The molecule has 0 amide bonds. The average Bonchev–Trinajstić information content (AvgIpc) is 2.97. The topological polar surface area (TPSA) is 6.48 Å². The normalized spacial score (nSPS) is 15.2. The summed E-state index contributed by atoms with van der Waals surface area (Å²) in [5.41, 5.74) is 16.4. The summed E-state index contributed by atoms with van der Waals surface area (Å²) < 4.78 is 0. The summed E-state index contributed by atoms with van der Waals surface area (Å²) in [4.78, 5) is 4.89. The van der Waals surface area contributed by atoms with Gasteiger partial charge >= 0.3 is 0 Å². The molecule has 0 N–H and O–H groups in total. The van der Waals surface area contributed by atoms with Gasteiger partial charge in [-0.1, -0.05) is 49.8 Å².